The predicted molar refractivity (Wildman–Crippen MR) is 79.8 cm³/mol. The molecule has 0 amide bonds. The van der Waals surface area contributed by atoms with Crippen molar-refractivity contribution in [3.8, 4) is 0 Å². The van der Waals surface area contributed by atoms with E-state index >= 15 is 0 Å². The third kappa shape index (κ3) is 3.03. The van der Waals surface area contributed by atoms with E-state index in [1.807, 2.05) is 20.8 Å². The number of anilines is 1. The quantitative estimate of drug-likeness (QED) is 0.906. The van der Waals surface area contributed by atoms with Crippen molar-refractivity contribution >= 4 is 5.95 Å². The molecule has 0 radical (unpaired) electrons. The smallest absolute Gasteiger partial charge is 0.203 e. The first-order valence-corrected chi connectivity index (χ1v) is 7.11. The van der Waals surface area contributed by atoms with Crippen LogP contribution in [0.5, 0.6) is 0 Å². The first-order chi connectivity index (χ1) is 9.38. The predicted octanol–water partition coefficient (Wildman–Crippen LogP) is 3.63. The minimum atomic E-state index is 0.119. The van der Waals surface area contributed by atoms with Gasteiger partial charge in [0.05, 0.1) is 17.4 Å². The molecule has 1 N–H and O–H groups in total. The van der Waals surface area contributed by atoms with E-state index in [4.69, 9.17) is 4.52 Å². The number of hydrogen-bond acceptors (Lipinski definition) is 4. The third-order valence-electron chi connectivity index (χ3n) is 3.33. The van der Waals surface area contributed by atoms with E-state index in [0.29, 0.717) is 5.92 Å². The monoisotopic (exact) mass is 276 g/mol. The summed E-state index contributed by atoms with van der Waals surface area (Å²) in [6, 6.07) is 0.119. The van der Waals surface area contributed by atoms with Crippen LogP contribution in [-0.2, 0) is 6.54 Å². The van der Waals surface area contributed by atoms with Crippen LogP contribution in [0.1, 0.15) is 49.5 Å². The molecular formula is C15H24N4O. The van der Waals surface area contributed by atoms with Crippen LogP contribution in [0.2, 0.25) is 0 Å². The van der Waals surface area contributed by atoms with Gasteiger partial charge in [-0.25, -0.2) is 4.98 Å². The fourth-order valence-corrected chi connectivity index (χ4v) is 2.57. The zero-order chi connectivity index (χ0) is 14.9. The summed E-state index contributed by atoms with van der Waals surface area (Å²) in [5.41, 5.74) is 3.07. The number of hydrogen-bond donors (Lipinski definition) is 1. The number of aromatic nitrogens is 3. The minimum absolute atomic E-state index is 0.119. The maximum Gasteiger partial charge on any atom is 0.203 e. The topological polar surface area (TPSA) is 55.9 Å². The molecule has 0 aliphatic rings. The lowest BCUT2D eigenvalue weighted by Crippen LogP contribution is -2.14. The zero-order valence-corrected chi connectivity index (χ0v) is 13.2. The second-order valence-corrected chi connectivity index (χ2v) is 5.86. The molecule has 110 valence electrons. The average molecular weight is 276 g/mol. The van der Waals surface area contributed by atoms with Gasteiger partial charge in [0.1, 0.15) is 5.76 Å². The Morgan fingerprint density at radius 1 is 1.25 bits per heavy atom. The fraction of sp³-hybridized carbons (Fsp3) is 0.600. The molecule has 0 aromatic carbocycles. The van der Waals surface area contributed by atoms with Crippen molar-refractivity contribution in [3.05, 3.63) is 28.9 Å². The summed E-state index contributed by atoms with van der Waals surface area (Å²) < 4.78 is 7.41. The van der Waals surface area contributed by atoms with Gasteiger partial charge in [-0.2, -0.15) is 0 Å². The van der Waals surface area contributed by atoms with Crippen molar-refractivity contribution in [2.45, 2.75) is 54.1 Å². The first kappa shape index (κ1) is 14.6. The summed E-state index contributed by atoms with van der Waals surface area (Å²) >= 11 is 0. The lowest BCUT2D eigenvalue weighted by molar-refractivity contribution is 0.392. The molecule has 0 saturated carbocycles. The average Bonchev–Trinajstić information content (AvgIpc) is 2.82. The van der Waals surface area contributed by atoms with Crippen molar-refractivity contribution in [3.63, 3.8) is 0 Å². The van der Waals surface area contributed by atoms with Crippen LogP contribution in [-0.4, -0.2) is 14.7 Å². The largest absolute Gasteiger partial charge is 0.361 e. The molecule has 2 aromatic rings. The van der Waals surface area contributed by atoms with E-state index in [9.17, 15) is 0 Å². The minimum Gasteiger partial charge on any atom is -0.361 e. The van der Waals surface area contributed by atoms with Crippen molar-refractivity contribution in [1.29, 1.82) is 0 Å². The Kier molecular flexibility index (Phi) is 4.16. The van der Waals surface area contributed by atoms with Gasteiger partial charge in [0, 0.05) is 18.3 Å². The molecule has 1 unspecified atom stereocenters. The van der Waals surface area contributed by atoms with Crippen LogP contribution in [0.25, 0.3) is 0 Å². The van der Waals surface area contributed by atoms with Crippen LogP contribution < -0.4 is 5.32 Å². The summed E-state index contributed by atoms with van der Waals surface area (Å²) in [6.07, 6.45) is 2.09. The van der Waals surface area contributed by atoms with E-state index in [2.05, 4.69) is 47.0 Å². The molecule has 0 bridgehead atoms. The normalized spacial score (nSPS) is 12.9. The number of nitrogens with zero attached hydrogens (tertiary/aromatic N) is 3. The number of nitrogens with one attached hydrogen (secondary N) is 1. The van der Waals surface area contributed by atoms with Gasteiger partial charge in [-0.1, -0.05) is 19.0 Å². The molecule has 20 heavy (non-hydrogen) atoms. The maximum atomic E-state index is 5.24. The molecule has 0 aliphatic heterocycles. The van der Waals surface area contributed by atoms with Gasteiger partial charge in [0.25, 0.3) is 0 Å². The van der Waals surface area contributed by atoms with Gasteiger partial charge in [0.15, 0.2) is 0 Å². The van der Waals surface area contributed by atoms with Crippen molar-refractivity contribution in [2.75, 3.05) is 5.32 Å². The van der Waals surface area contributed by atoms with Gasteiger partial charge < -0.3 is 14.4 Å². The highest BCUT2D eigenvalue weighted by Crippen LogP contribution is 2.25. The van der Waals surface area contributed by atoms with Gasteiger partial charge >= 0.3 is 0 Å². The van der Waals surface area contributed by atoms with E-state index in [-0.39, 0.29) is 6.04 Å². The van der Waals surface area contributed by atoms with Crippen LogP contribution in [0.15, 0.2) is 10.7 Å². The first-order valence-electron chi connectivity index (χ1n) is 7.11. The Hall–Kier alpha value is -1.78. The standard InChI is InChI=1S/C15H24N4O/c1-9(2)7-19-8-10(3)16-15(19)17-11(4)14-12(5)18-20-13(14)6/h8-9,11H,7H2,1-6H3,(H,16,17). The van der Waals surface area contributed by atoms with E-state index in [0.717, 1.165) is 35.2 Å². The van der Waals surface area contributed by atoms with Gasteiger partial charge in [-0.15, -0.1) is 0 Å². The van der Waals surface area contributed by atoms with Crippen molar-refractivity contribution < 1.29 is 4.52 Å². The molecule has 5 heteroatoms. The SMILES string of the molecule is Cc1cn(CC(C)C)c(NC(C)c2c(C)noc2C)n1. The molecule has 0 saturated heterocycles. The molecule has 2 aromatic heterocycles. The van der Waals surface area contributed by atoms with Crippen LogP contribution >= 0.6 is 0 Å². The Bertz CT molecular complexity index is 563. The maximum absolute atomic E-state index is 5.24. The zero-order valence-electron chi connectivity index (χ0n) is 13.2. The summed E-state index contributed by atoms with van der Waals surface area (Å²) in [5.74, 6) is 2.35. The van der Waals surface area contributed by atoms with Gasteiger partial charge in [0.2, 0.25) is 5.95 Å². The van der Waals surface area contributed by atoms with Gasteiger partial charge in [-0.05, 0) is 33.6 Å². The highest BCUT2D eigenvalue weighted by atomic mass is 16.5. The molecule has 1 atom stereocenters. The Morgan fingerprint density at radius 3 is 2.50 bits per heavy atom. The van der Waals surface area contributed by atoms with Crippen molar-refractivity contribution in [1.82, 2.24) is 14.7 Å². The van der Waals surface area contributed by atoms with Crippen LogP contribution in [0.3, 0.4) is 0 Å². The molecule has 5 nitrogen and oxygen atoms in total. The van der Waals surface area contributed by atoms with Crippen LogP contribution in [0, 0.1) is 26.7 Å². The van der Waals surface area contributed by atoms with E-state index in [1.165, 1.54) is 0 Å². The summed E-state index contributed by atoms with van der Waals surface area (Å²) in [5, 5.41) is 7.49. The fourth-order valence-electron chi connectivity index (χ4n) is 2.57. The second kappa shape index (κ2) is 5.69. The lowest BCUT2D eigenvalue weighted by atomic mass is 10.1. The Balaban J connectivity index is 2.21. The second-order valence-electron chi connectivity index (χ2n) is 5.86. The molecule has 0 aliphatic carbocycles. The Morgan fingerprint density at radius 2 is 1.95 bits per heavy atom. The lowest BCUT2D eigenvalue weighted by Gasteiger charge is -2.17. The van der Waals surface area contributed by atoms with Gasteiger partial charge in [-0.3, -0.25) is 0 Å². The number of rotatable bonds is 5. The molecule has 2 heterocycles. The highest BCUT2D eigenvalue weighted by molar-refractivity contribution is 5.36. The third-order valence-corrected chi connectivity index (χ3v) is 3.33. The molecule has 0 spiro atoms. The highest BCUT2D eigenvalue weighted by Gasteiger charge is 2.18. The molecular weight excluding hydrogens is 252 g/mol. The number of imidazole rings is 1. The summed E-state index contributed by atoms with van der Waals surface area (Å²) in [4.78, 5) is 4.57. The van der Waals surface area contributed by atoms with E-state index < -0.39 is 0 Å². The summed E-state index contributed by atoms with van der Waals surface area (Å²) in [7, 11) is 0. The van der Waals surface area contributed by atoms with E-state index in [1.54, 1.807) is 0 Å². The van der Waals surface area contributed by atoms with Crippen molar-refractivity contribution in [2.24, 2.45) is 5.92 Å². The molecule has 0 fully saturated rings. The Labute approximate surface area is 120 Å². The van der Waals surface area contributed by atoms with Crippen LogP contribution in [0.4, 0.5) is 5.95 Å². The molecule has 2 rings (SSSR count). The number of aryl methyl sites for hydroxylation is 3. The summed E-state index contributed by atoms with van der Waals surface area (Å²) in [6.45, 7) is 13.4.